The molecule has 2 aromatic carbocycles. The summed E-state index contributed by atoms with van der Waals surface area (Å²) in [5, 5.41) is 3.24. The summed E-state index contributed by atoms with van der Waals surface area (Å²) in [7, 11) is 0. The highest BCUT2D eigenvalue weighted by atomic mass is 35.5. The number of anilines is 1. The molecule has 2 amide bonds. The third-order valence-electron chi connectivity index (χ3n) is 4.96. The minimum absolute atomic E-state index is 0. The summed E-state index contributed by atoms with van der Waals surface area (Å²) in [5.74, 6) is -1.36. The first-order chi connectivity index (χ1) is 14.0. The molecule has 3 N–H and O–H groups in total. The van der Waals surface area contributed by atoms with Gasteiger partial charge in [0.15, 0.2) is 0 Å². The first-order valence-corrected chi connectivity index (χ1v) is 10.1. The molecule has 5 nitrogen and oxygen atoms in total. The van der Waals surface area contributed by atoms with Gasteiger partial charge in [-0.1, -0.05) is 30.3 Å². The van der Waals surface area contributed by atoms with Crippen LogP contribution in [0.3, 0.4) is 0 Å². The monoisotopic (exact) mass is 445 g/mol. The van der Waals surface area contributed by atoms with Crippen molar-refractivity contribution in [3.8, 4) is 0 Å². The number of rotatable bonds is 5. The summed E-state index contributed by atoms with van der Waals surface area (Å²) in [5.41, 5.74) is 8.48. The number of hydrogen-bond acceptors (Lipinski definition) is 4. The molecule has 0 aliphatic carbocycles. The highest BCUT2D eigenvalue weighted by molar-refractivity contribution is 7.17. The van der Waals surface area contributed by atoms with Crippen LogP contribution < -0.4 is 11.1 Å². The fourth-order valence-corrected chi connectivity index (χ4v) is 4.85. The fraction of sp³-hybridized carbons (Fsp3) is 0.182. The average molecular weight is 446 g/mol. The van der Waals surface area contributed by atoms with Crippen molar-refractivity contribution in [3.63, 3.8) is 0 Å². The maximum atomic E-state index is 13.1. The van der Waals surface area contributed by atoms with Crippen molar-refractivity contribution in [2.75, 3.05) is 11.9 Å². The van der Waals surface area contributed by atoms with Crippen LogP contribution in [0.4, 0.5) is 9.39 Å². The van der Waals surface area contributed by atoms with Crippen molar-refractivity contribution in [2.24, 2.45) is 5.73 Å². The van der Waals surface area contributed by atoms with Crippen LogP contribution in [0.25, 0.3) is 0 Å². The number of carbonyl (C=O) groups is 2. The average Bonchev–Trinajstić information content (AvgIpc) is 3.06. The third kappa shape index (κ3) is 4.70. The Labute approximate surface area is 184 Å². The van der Waals surface area contributed by atoms with Gasteiger partial charge in [-0.05, 0) is 41.8 Å². The Kier molecular flexibility index (Phi) is 6.87. The highest BCUT2D eigenvalue weighted by Gasteiger charge is 2.28. The van der Waals surface area contributed by atoms with E-state index in [-0.39, 0.29) is 12.4 Å². The molecule has 3 aromatic rings. The SMILES string of the molecule is Cl.NC(=O)c1c(NC(=O)c2ccc(F)cc2)sc2c1CCN(Cc1ccccc1)C2. The van der Waals surface area contributed by atoms with Gasteiger partial charge in [0.25, 0.3) is 11.8 Å². The number of fused-ring (bicyclic) bond motifs is 1. The lowest BCUT2D eigenvalue weighted by atomic mass is 10.0. The van der Waals surface area contributed by atoms with Crippen LogP contribution in [0.1, 0.15) is 36.7 Å². The molecule has 0 unspecified atom stereocenters. The number of primary amides is 1. The molecule has 1 aromatic heterocycles. The molecule has 0 spiro atoms. The predicted octanol–water partition coefficient (Wildman–Crippen LogP) is 4.22. The van der Waals surface area contributed by atoms with E-state index in [1.807, 2.05) is 18.2 Å². The smallest absolute Gasteiger partial charge is 0.256 e. The van der Waals surface area contributed by atoms with Crippen LogP contribution in [0, 0.1) is 5.82 Å². The number of carbonyl (C=O) groups excluding carboxylic acids is 2. The number of nitrogens with one attached hydrogen (secondary N) is 1. The largest absolute Gasteiger partial charge is 0.365 e. The normalized spacial score (nSPS) is 13.2. The van der Waals surface area contributed by atoms with Crippen molar-refractivity contribution in [2.45, 2.75) is 19.5 Å². The second-order valence-electron chi connectivity index (χ2n) is 6.98. The predicted molar refractivity (Wildman–Crippen MR) is 119 cm³/mol. The summed E-state index contributed by atoms with van der Waals surface area (Å²) in [6.07, 6.45) is 0.698. The first-order valence-electron chi connectivity index (χ1n) is 9.29. The second kappa shape index (κ2) is 9.38. The lowest BCUT2D eigenvalue weighted by Crippen LogP contribution is -2.30. The lowest BCUT2D eigenvalue weighted by Gasteiger charge is -2.27. The van der Waals surface area contributed by atoms with Gasteiger partial charge < -0.3 is 11.1 Å². The molecular formula is C22H21ClFN3O2S. The van der Waals surface area contributed by atoms with Gasteiger partial charge in [0.2, 0.25) is 0 Å². The van der Waals surface area contributed by atoms with E-state index >= 15 is 0 Å². The Morgan fingerprint density at radius 1 is 1.10 bits per heavy atom. The molecule has 0 atom stereocenters. The number of hydrogen-bond donors (Lipinski definition) is 2. The molecule has 30 heavy (non-hydrogen) atoms. The van der Waals surface area contributed by atoms with Gasteiger partial charge in [-0.2, -0.15) is 0 Å². The van der Waals surface area contributed by atoms with Gasteiger partial charge in [0.05, 0.1) is 5.56 Å². The number of amides is 2. The molecule has 0 saturated carbocycles. The van der Waals surface area contributed by atoms with E-state index in [2.05, 4.69) is 22.3 Å². The van der Waals surface area contributed by atoms with Crippen LogP contribution in [0.2, 0.25) is 0 Å². The van der Waals surface area contributed by atoms with E-state index in [1.54, 1.807) is 0 Å². The zero-order valence-corrected chi connectivity index (χ0v) is 17.7. The molecular weight excluding hydrogens is 425 g/mol. The quantitative estimate of drug-likeness (QED) is 0.617. The van der Waals surface area contributed by atoms with E-state index in [4.69, 9.17) is 5.73 Å². The molecule has 1 aliphatic rings. The Morgan fingerprint density at radius 2 is 1.80 bits per heavy atom. The molecule has 8 heteroatoms. The molecule has 4 rings (SSSR count). The maximum absolute atomic E-state index is 13.1. The molecule has 1 aliphatic heterocycles. The first kappa shape index (κ1) is 22.0. The van der Waals surface area contributed by atoms with E-state index in [9.17, 15) is 14.0 Å². The van der Waals surface area contributed by atoms with E-state index < -0.39 is 17.6 Å². The van der Waals surface area contributed by atoms with Crippen molar-refractivity contribution >= 4 is 40.6 Å². The third-order valence-corrected chi connectivity index (χ3v) is 6.10. The number of nitrogens with two attached hydrogens (primary N) is 1. The maximum Gasteiger partial charge on any atom is 0.256 e. The number of nitrogens with zero attached hydrogens (tertiary/aromatic N) is 1. The van der Waals surface area contributed by atoms with Gasteiger partial charge in [0.1, 0.15) is 10.8 Å². The van der Waals surface area contributed by atoms with Crippen molar-refractivity contribution in [1.29, 1.82) is 0 Å². The molecule has 156 valence electrons. The second-order valence-corrected chi connectivity index (χ2v) is 8.08. The number of benzene rings is 2. The fourth-order valence-electron chi connectivity index (χ4n) is 3.56. The van der Waals surface area contributed by atoms with E-state index in [1.165, 1.54) is 41.2 Å². The Bertz CT molecular complexity index is 1050. The standard InChI is InChI=1S/C22H20FN3O2S.ClH/c23-16-8-6-15(7-9-16)21(28)25-22-19(20(24)27)17-10-11-26(13-18(17)29-22)12-14-4-2-1-3-5-14;/h1-9H,10-13H2,(H2,24,27)(H,25,28);1H. The molecule has 2 heterocycles. The lowest BCUT2D eigenvalue weighted by molar-refractivity contribution is 0.0999. The van der Waals surface area contributed by atoms with Gasteiger partial charge in [-0.25, -0.2) is 4.39 Å². The summed E-state index contributed by atoms with van der Waals surface area (Å²) in [6.45, 7) is 2.33. The number of halogens is 2. The topological polar surface area (TPSA) is 75.4 Å². The Morgan fingerprint density at radius 3 is 2.47 bits per heavy atom. The summed E-state index contributed by atoms with van der Waals surface area (Å²) >= 11 is 1.38. The van der Waals surface area contributed by atoms with Gasteiger partial charge >= 0.3 is 0 Å². The van der Waals surface area contributed by atoms with Gasteiger partial charge in [-0.15, -0.1) is 23.7 Å². The summed E-state index contributed by atoms with van der Waals surface area (Å²) < 4.78 is 13.1. The van der Waals surface area contributed by atoms with Crippen molar-refractivity contribution < 1.29 is 14.0 Å². The van der Waals surface area contributed by atoms with Crippen LogP contribution in [-0.4, -0.2) is 23.3 Å². The van der Waals surface area contributed by atoms with Crippen LogP contribution >= 0.6 is 23.7 Å². The zero-order chi connectivity index (χ0) is 20.4. The Balaban J connectivity index is 0.00000256. The van der Waals surface area contributed by atoms with Gasteiger partial charge in [-0.3, -0.25) is 14.5 Å². The summed E-state index contributed by atoms with van der Waals surface area (Å²) in [4.78, 5) is 28.0. The highest BCUT2D eigenvalue weighted by Crippen LogP contribution is 2.37. The number of thiophene rings is 1. The molecule has 0 bridgehead atoms. The van der Waals surface area contributed by atoms with Crippen LogP contribution in [-0.2, 0) is 19.5 Å². The minimum Gasteiger partial charge on any atom is -0.365 e. The van der Waals surface area contributed by atoms with E-state index in [0.717, 1.165) is 23.5 Å². The minimum atomic E-state index is -0.548. The molecule has 0 fully saturated rings. The van der Waals surface area contributed by atoms with Crippen molar-refractivity contribution in [1.82, 2.24) is 4.90 Å². The molecule has 0 radical (unpaired) electrons. The zero-order valence-electron chi connectivity index (χ0n) is 16.1. The molecule has 0 saturated heterocycles. The van der Waals surface area contributed by atoms with Crippen molar-refractivity contribution in [3.05, 3.63) is 87.5 Å². The van der Waals surface area contributed by atoms with E-state index in [0.29, 0.717) is 29.1 Å². The Hall–Kier alpha value is -2.74. The van der Waals surface area contributed by atoms with Gasteiger partial charge in [0, 0.05) is 30.1 Å². The van der Waals surface area contributed by atoms with Crippen LogP contribution in [0.5, 0.6) is 0 Å². The summed E-state index contributed by atoms with van der Waals surface area (Å²) in [6, 6.07) is 15.5. The van der Waals surface area contributed by atoms with Crippen LogP contribution in [0.15, 0.2) is 54.6 Å².